The molecule has 0 aromatic carbocycles. The first-order chi connectivity index (χ1) is 2.41. The highest BCUT2D eigenvalue weighted by Gasteiger charge is 1.54. The lowest BCUT2D eigenvalue weighted by Crippen LogP contribution is -1.53. The molecule has 0 aromatic rings. The molecule has 0 saturated carbocycles. The van der Waals surface area contributed by atoms with Gasteiger partial charge in [0, 0.05) is 28.1 Å². The smallest absolute Gasteiger partial charge is 0.106 e. The normalized spacial score (nSPS) is 11.6. The zero-order valence-corrected chi connectivity index (χ0v) is 5.14. The fourth-order valence-corrected chi connectivity index (χ4v) is 0.359. The van der Waals surface area contributed by atoms with Crippen LogP contribution in [0.5, 0.6) is 0 Å². The molecule has 5 heavy (non-hydrogen) atoms. The van der Waals surface area contributed by atoms with Gasteiger partial charge in [-0.15, -0.1) is 0 Å². The van der Waals surface area contributed by atoms with Crippen molar-refractivity contribution in [2.24, 2.45) is 3.15 Å². The summed E-state index contributed by atoms with van der Waals surface area (Å²) in [6.07, 6.45) is 0. The lowest BCUT2D eigenvalue weighted by atomic mass is 11.6. The molecule has 1 N–H and O–H groups in total. The van der Waals surface area contributed by atoms with E-state index in [9.17, 15) is 0 Å². The molecule has 0 atom stereocenters. The Labute approximate surface area is 41.4 Å². The van der Waals surface area contributed by atoms with E-state index in [1.165, 1.54) is 0 Å². The van der Waals surface area contributed by atoms with Gasteiger partial charge in [0.15, 0.2) is 0 Å². The van der Waals surface area contributed by atoms with Gasteiger partial charge < -0.3 is 5.11 Å². The Morgan fingerprint density at radius 2 is 2.60 bits per heavy atom. The van der Waals surface area contributed by atoms with E-state index in [2.05, 4.69) is 3.15 Å². The van der Waals surface area contributed by atoms with Gasteiger partial charge in [-0.1, -0.05) is 0 Å². The van der Waals surface area contributed by atoms with Crippen LogP contribution in [-0.4, -0.2) is 16.8 Å². The van der Waals surface area contributed by atoms with E-state index in [-0.39, 0.29) is 25.6 Å². The summed E-state index contributed by atoms with van der Waals surface area (Å²) >= 11 is -0.188. The summed E-state index contributed by atoms with van der Waals surface area (Å²) in [5, 5.41) is 8.02. The Balaban J connectivity index is 2.62. The second-order valence-electron chi connectivity index (χ2n) is 0.408. The molecule has 0 heterocycles. The second-order valence-corrected chi connectivity index (χ2v) is 2.74. The van der Waals surface area contributed by atoms with Crippen molar-refractivity contribution in [3.63, 3.8) is 0 Å². The lowest BCUT2D eigenvalue weighted by molar-refractivity contribution is 0.387. The molecule has 0 aliphatic rings. The Morgan fingerprint density at radius 3 is 2.60 bits per heavy atom. The monoisotopic (exact) mass is 187 g/mol. The minimum atomic E-state index is -0.188. The highest BCUT2D eigenvalue weighted by atomic mass is 127. The first-order valence-electron chi connectivity index (χ1n) is 1.20. The SMILES string of the molecule is CN=ICO. The zero-order chi connectivity index (χ0) is 4.12. The molecule has 0 saturated heterocycles. The minimum absolute atomic E-state index is 0.188. The van der Waals surface area contributed by atoms with Crippen LogP contribution in [0.3, 0.4) is 0 Å². The Hall–Kier alpha value is 0.490. The standard InChI is InChI=1S/C2H6INO/c1-4-3-2-5/h5H,2H2,1H3. The van der Waals surface area contributed by atoms with Crippen molar-refractivity contribution in [1.29, 1.82) is 0 Å². The quantitative estimate of drug-likeness (QED) is 0.476. The van der Waals surface area contributed by atoms with Gasteiger partial charge >= 0.3 is 0 Å². The number of hydrogen-bond donors (Lipinski definition) is 1. The van der Waals surface area contributed by atoms with E-state index in [1.807, 2.05) is 0 Å². The number of aliphatic hydroxyl groups is 1. The van der Waals surface area contributed by atoms with Crippen molar-refractivity contribution < 1.29 is 5.11 Å². The average molecular weight is 187 g/mol. The molecule has 0 fully saturated rings. The molecule has 2 nitrogen and oxygen atoms in total. The lowest BCUT2D eigenvalue weighted by Gasteiger charge is -1.65. The van der Waals surface area contributed by atoms with Crippen LogP contribution in [0.2, 0.25) is 0 Å². The van der Waals surface area contributed by atoms with Gasteiger partial charge in [0.05, 0.1) is 0 Å². The molecule has 0 aliphatic heterocycles. The Kier molecular flexibility index (Phi) is 4.93. The maximum atomic E-state index is 8.02. The van der Waals surface area contributed by atoms with Crippen molar-refractivity contribution in [1.82, 2.24) is 0 Å². The van der Waals surface area contributed by atoms with Crippen molar-refractivity contribution in [2.45, 2.75) is 0 Å². The summed E-state index contributed by atoms with van der Waals surface area (Å²) in [4.78, 5) is 0. The molecular weight excluding hydrogens is 181 g/mol. The van der Waals surface area contributed by atoms with Gasteiger partial charge in [-0.25, -0.2) is 0 Å². The summed E-state index contributed by atoms with van der Waals surface area (Å²) in [6, 6.07) is 0. The number of alkyl halides is 1. The number of nitrogens with zero attached hydrogens (tertiary/aromatic N) is 1. The van der Waals surface area contributed by atoms with Crippen molar-refractivity contribution >= 4 is 21.0 Å². The van der Waals surface area contributed by atoms with Crippen LogP contribution in [0, 0.1) is 0 Å². The maximum absolute atomic E-state index is 8.02. The predicted molar refractivity (Wildman–Crippen MR) is 29.5 cm³/mol. The van der Waals surface area contributed by atoms with Gasteiger partial charge in [0.25, 0.3) is 0 Å². The van der Waals surface area contributed by atoms with Crippen LogP contribution in [0.15, 0.2) is 3.15 Å². The first kappa shape index (κ1) is 5.49. The van der Waals surface area contributed by atoms with E-state index in [0.717, 1.165) is 0 Å². The molecule has 0 unspecified atom stereocenters. The number of halogens is 1. The van der Waals surface area contributed by atoms with Crippen LogP contribution in [0.4, 0.5) is 0 Å². The first-order valence-corrected chi connectivity index (χ1v) is 3.69. The molecule has 32 valence electrons. The Morgan fingerprint density at radius 1 is 2.00 bits per heavy atom. The van der Waals surface area contributed by atoms with E-state index in [0.29, 0.717) is 0 Å². The fourth-order valence-electron chi connectivity index (χ4n) is 0.0535. The van der Waals surface area contributed by atoms with Gasteiger partial charge in [0.1, 0.15) is 4.61 Å². The molecule has 0 radical (unpaired) electrons. The molecule has 0 bridgehead atoms. The topological polar surface area (TPSA) is 32.6 Å². The van der Waals surface area contributed by atoms with Crippen LogP contribution < -0.4 is 0 Å². The second kappa shape index (κ2) is 4.49. The third-order valence-corrected chi connectivity index (χ3v) is 1.16. The van der Waals surface area contributed by atoms with E-state index in [4.69, 9.17) is 5.11 Å². The number of aliphatic hydroxyl groups excluding tert-OH is 1. The zero-order valence-electron chi connectivity index (χ0n) is 2.98. The predicted octanol–water partition coefficient (Wildman–Crippen LogP) is 0.720. The fraction of sp³-hybridized carbons (Fsp3) is 1.00. The van der Waals surface area contributed by atoms with Crippen LogP contribution in [0.1, 0.15) is 0 Å². The molecule has 0 aliphatic carbocycles. The number of hydrogen-bond acceptors (Lipinski definition) is 2. The Bertz CT molecular complexity index is 36.6. The molecule has 0 rings (SSSR count). The van der Waals surface area contributed by atoms with Crippen LogP contribution >= 0.6 is 21.0 Å². The van der Waals surface area contributed by atoms with Gasteiger partial charge in [-0.2, -0.15) is 0 Å². The summed E-state index contributed by atoms with van der Waals surface area (Å²) in [7, 11) is 1.73. The number of rotatable bonds is 1. The van der Waals surface area contributed by atoms with Gasteiger partial charge in [-0.3, -0.25) is 3.15 Å². The molecule has 0 amide bonds. The maximum Gasteiger partial charge on any atom is 0.106 e. The largest absolute Gasteiger partial charge is 0.385 e. The van der Waals surface area contributed by atoms with E-state index < -0.39 is 0 Å². The van der Waals surface area contributed by atoms with Crippen LogP contribution in [0.25, 0.3) is 0 Å². The highest BCUT2D eigenvalue weighted by Crippen LogP contribution is 1.90. The van der Waals surface area contributed by atoms with Crippen molar-refractivity contribution in [3.05, 3.63) is 0 Å². The minimum Gasteiger partial charge on any atom is -0.385 e. The third kappa shape index (κ3) is 4.49. The van der Waals surface area contributed by atoms with E-state index in [1.54, 1.807) is 7.05 Å². The van der Waals surface area contributed by atoms with Crippen molar-refractivity contribution in [2.75, 3.05) is 11.7 Å². The molecule has 0 spiro atoms. The summed E-state index contributed by atoms with van der Waals surface area (Å²) in [5.74, 6) is 0. The van der Waals surface area contributed by atoms with Crippen LogP contribution in [-0.2, 0) is 0 Å². The van der Waals surface area contributed by atoms with Gasteiger partial charge in [-0.05, 0) is 0 Å². The summed E-state index contributed by atoms with van der Waals surface area (Å²) < 4.78 is 4.00. The summed E-state index contributed by atoms with van der Waals surface area (Å²) in [6.45, 7) is 0. The van der Waals surface area contributed by atoms with Gasteiger partial charge in [0.2, 0.25) is 0 Å². The molecule has 3 heteroatoms. The summed E-state index contributed by atoms with van der Waals surface area (Å²) in [5.41, 5.74) is 0. The average Bonchev–Trinajstić information content (AvgIpc) is 1.41. The highest BCUT2D eigenvalue weighted by molar-refractivity contribution is 14.2. The van der Waals surface area contributed by atoms with Crippen molar-refractivity contribution in [3.8, 4) is 0 Å². The third-order valence-electron chi connectivity index (χ3n) is 0.173. The molecule has 0 aromatic heterocycles. The molecular formula is C2H6INO. The van der Waals surface area contributed by atoms with E-state index >= 15 is 0 Å².